The molecule has 2 heterocycles. The number of benzene rings is 1. The highest BCUT2D eigenvalue weighted by Gasteiger charge is 2.27. The summed E-state index contributed by atoms with van der Waals surface area (Å²) in [5.41, 5.74) is 0.669. The van der Waals surface area contributed by atoms with Gasteiger partial charge in [0, 0.05) is 13.0 Å². The van der Waals surface area contributed by atoms with Gasteiger partial charge in [-0.15, -0.1) is 0 Å². The average molecular weight is 340 g/mol. The number of hydrogen-bond acceptors (Lipinski definition) is 4. The SMILES string of the molecule is Cn1c(=O)c2c(=S)nc(C3CC3)[nH]c2n(Cc2ccccc2)c1=O. The summed E-state index contributed by atoms with van der Waals surface area (Å²) in [7, 11) is 1.47. The highest BCUT2D eigenvalue weighted by Crippen LogP contribution is 2.38. The molecule has 3 aromatic rings. The smallest absolute Gasteiger partial charge is 0.329 e. The maximum Gasteiger partial charge on any atom is 0.332 e. The van der Waals surface area contributed by atoms with Gasteiger partial charge >= 0.3 is 5.69 Å². The first-order chi connectivity index (χ1) is 11.6. The standard InChI is InChI=1S/C17H16N4O2S/c1-20-16(22)12-14(18-13(11-7-8-11)19-15(12)24)21(17(20)23)9-10-5-3-2-4-6-10/h2-6,11H,7-9H2,1H3,(H,18,19,24). The van der Waals surface area contributed by atoms with Gasteiger partial charge in [-0.3, -0.25) is 13.9 Å². The minimum absolute atomic E-state index is 0.257. The number of aromatic amines is 1. The monoisotopic (exact) mass is 340 g/mol. The number of aromatic nitrogens is 4. The summed E-state index contributed by atoms with van der Waals surface area (Å²) in [6.45, 7) is 0.365. The van der Waals surface area contributed by atoms with Crippen LogP contribution in [0.5, 0.6) is 0 Å². The Balaban J connectivity index is 2.05. The first-order valence-electron chi connectivity index (χ1n) is 7.84. The van der Waals surface area contributed by atoms with Crippen molar-refractivity contribution < 1.29 is 0 Å². The Morgan fingerprint density at radius 2 is 1.96 bits per heavy atom. The molecule has 1 saturated carbocycles. The summed E-state index contributed by atoms with van der Waals surface area (Å²) in [4.78, 5) is 32.7. The highest BCUT2D eigenvalue weighted by atomic mass is 32.1. The summed E-state index contributed by atoms with van der Waals surface area (Å²) in [5.74, 6) is 1.11. The van der Waals surface area contributed by atoms with E-state index in [0.29, 0.717) is 23.5 Å². The summed E-state index contributed by atoms with van der Waals surface area (Å²) in [6, 6.07) is 9.66. The van der Waals surface area contributed by atoms with Crippen molar-refractivity contribution in [3.63, 3.8) is 0 Å². The maximum absolute atomic E-state index is 12.7. The normalized spacial score (nSPS) is 14.2. The first-order valence-corrected chi connectivity index (χ1v) is 8.25. The van der Waals surface area contributed by atoms with Crippen LogP contribution in [0, 0.1) is 4.64 Å². The molecule has 6 nitrogen and oxygen atoms in total. The van der Waals surface area contributed by atoms with E-state index in [4.69, 9.17) is 12.2 Å². The van der Waals surface area contributed by atoms with Gasteiger partial charge in [0.2, 0.25) is 0 Å². The largest absolute Gasteiger partial charge is 0.332 e. The second-order valence-electron chi connectivity index (χ2n) is 6.14. The highest BCUT2D eigenvalue weighted by molar-refractivity contribution is 7.71. The van der Waals surface area contributed by atoms with E-state index >= 15 is 0 Å². The molecule has 0 atom stereocenters. The molecule has 1 aliphatic carbocycles. The van der Waals surface area contributed by atoms with E-state index in [1.54, 1.807) is 4.57 Å². The topological polar surface area (TPSA) is 72.7 Å². The van der Waals surface area contributed by atoms with Gasteiger partial charge in [0.05, 0.1) is 6.54 Å². The zero-order chi connectivity index (χ0) is 16.8. The predicted octanol–water partition coefficient (Wildman–Crippen LogP) is 2.08. The Labute approximate surface area is 142 Å². The summed E-state index contributed by atoms with van der Waals surface area (Å²) in [6.07, 6.45) is 2.11. The number of nitrogens with one attached hydrogen (secondary N) is 1. The molecule has 1 N–H and O–H groups in total. The molecule has 1 fully saturated rings. The Morgan fingerprint density at radius 3 is 2.62 bits per heavy atom. The summed E-state index contributed by atoms with van der Waals surface area (Å²) < 4.78 is 2.91. The molecule has 2 aromatic heterocycles. The molecule has 4 rings (SSSR count). The van der Waals surface area contributed by atoms with Crippen LogP contribution >= 0.6 is 12.2 Å². The molecule has 0 saturated heterocycles. The van der Waals surface area contributed by atoms with Crippen molar-refractivity contribution in [3.8, 4) is 0 Å². The molecule has 0 amide bonds. The third-order valence-corrected chi connectivity index (χ3v) is 4.67. The van der Waals surface area contributed by atoms with Crippen molar-refractivity contribution in [2.45, 2.75) is 25.3 Å². The fourth-order valence-corrected chi connectivity index (χ4v) is 3.15. The van der Waals surface area contributed by atoms with Gasteiger partial charge in [-0.25, -0.2) is 9.78 Å². The molecule has 0 bridgehead atoms. The summed E-state index contributed by atoms with van der Waals surface area (Å²) >= 11 is 5.34. The van der Waals surface area contributed by atoms with E-state index in [1.807, 2.05) is 30.3 Å². The fourth-order valence-electron chi connectivity index (χ4n) is 2.87. The van der Waals surface area contributed by atoms with Gasteiger partial charge < -0.3 is 4.98 Å². The van der Waals surface area contributed by atoms with Gasteiger partial charge in [-0.1, -0.05) is 42.5 Å². The second kappa shape index (κ2) is 5.52. The van der Waals surface area contributed by atoms with Crippen LogP contribution in [0.15, 0.2) is 39.9 Å². The molecular formula is C17H16N4O2S. The van der Waals surface area contributed by atoms with Crippen molar-refractivity contribution in [2.75, 3.05) is 0 Å². The molecule has 122 valence electrons. The molecule has 1 aliphatic rings. The van der Waals surface area contributed by atoms with Crippen molar-refractivity contribution in [3.05, 3.63) is 67.2 Å². The number of H-pyrrole nitrogens is 1. The van der Waals surface area contributed by atoms with E-state index in [0.717, 1.165) is 28.8 Å². The Morgan fingerprint density at radius 1 is 1.25 bits per heavy atom. The van der Waals surface area contributed by atoms with Crippen LogP contribution in [0.3, 0.4) is 0 Å². The van der Waals surface area contributed by atoms with E-state index < -0.39 is 5.56 Å². The van der Waals surface area contributed by atoms with Crippen molar-refractivity contribution in [2.24, 2.45) is 7.05 Å². The van der Waals surface area contributed by atoms with Gasteiger partial charge in [0.15, 0.2) is 0 Å². The average Bonchev–Trinajstić information content (AvgIpc) is 3.42. The zero-order valence-corrected chi connectivity index (χ0v) is 14.0. The number of fused-ring (bicyclic) bond motifs is 1. The van der Waals surface area contributed by atoms with Crippen molar-refractivity contribution in [1.29, 1.82) is 0 Å². The number of rotatable bonds is 3. The fraction of sp³-hybridized carbons (Fsp3) is 0.294. The van der Waals surface area contributed by atoms with Crippen LogP contribution in [0.25, 0.3) is 11.0 Å². The first kappa shape index (κ1) is 15.0. The van der Waals surface area contributed by atoms with Crippen LogP contribution in [0.2, 0.25) is 0 Å². The number of hydrogen-bond donors (Lipinski definition) is 1. The lowest BCUT2D eigenvalue weighted by atomic mass is 10.2. The van der Waals surface area contributed by atoms with Crippen LogP contribution in [-0.2, 0) is 13.6 Å². The quantitative estimate of drug-likeness (QED) is 0.741. The van der Waals surface area contributed by atoms with Crippen LogP contribution < -0.4 is 11.2 Å². The van der Waals surface area contributed by atoms with E-state index in [-0.39, 0.29) is 10.3 Å². The predicted molar refractivity (Wildman–Crippen MR) is 93.9 cm³/mol. The molecule has 1 aromatic carbocycles. The number of nitrogens with zero attached hydrogens (tertiary/aromatic N) is 3. The molecule has 0 aliphatic heterocycles. The second-order valence-corrected chi connectivity index (χ2v) is 6.53. The lowest BCUT2D eigenvalue weighted by molar-refractivity contribution is 0.663. The minimum atomic E-state index is -0.407. The lowest BCUT2D eigenvalue weighted by Gasteiger charge is -2.13. The molecule has 0 radical (unpaired) electrons. The van der Waals surface area contributed by atoms with E-state index in [1.165, 1.54) is 7.05 Å². The molecule has 7 heteroatoms. The Bertz CT molecular complexity index is 1110. The van der Waals surface area contributed by atoms with Crippen LogP contribution in [-0.4, -0.2) is 19.1 Å². The van der Waals surface area contributed by atoms with Gasteiger partial charge in [-0.2, -0.15) is 0 Å². The summed E-state index contributed by atoms with van der Waals surface area (Å²) in [5, 5.41) is 0.299. The molecule has 0 spiro atoms. The van der Waals surface area contributed by atoms with Gasteiger partial charge in [-0.05, 0) is 18.4 Å². The van der Waals surface area contributed by atoms with Crippen LogP contribution in [0.4, 0.5) is 0 Å². The zero-order valence-electron chi connectivity index (χ0n) is 13.2. The third kappa shape index (κ3) is 2.41. The van der Waals surface area contributed by atoms with Crippen molar-refractivity contribution >= 4 is 23.3 Å². The molecule has 0 unspecified atom stereocenters. The van der Waals surface area contributed by atoms with Gasteiger partial charge in [0.25, 0.3) is 5.56 Å². The maximum atomic E-state index is 12.7. The Kier molecular flexibility index (Phi) is 3.45. The molecular weight excluding hydrogens is 324 g/mol. The van der Waals surface area contributed by atoms with Gasteiger partial charge in [0.1, 0.15) is 21.5 Å². The van der Waals surface area contributed by atoms with Crippen LogP contribution in [0.1, 0.15) is 30.1 Å². The molecule has 24 heavy (non-hydrogen) atoms. The lowest BCUT2D eigenvalue weighted by Crippen LogP contribution is -2.39. The Hall–Kier alpha value is -2.54. The minimum Gasteiger partial charge on any atom is -0.329 e. The van der Waals surface area contributed by atoms with E-state index in [9.17, 15) is 9.59 Å². The van der Waals surface area contributed by atoms with Crippen molar-refractivity contribution in [1.82, 2.24) is 19.1 Å². The van der Waals surface area contributed by atoms with E-state index in [2.05, 4.69) is 9.97 Å². The third-order valence-electron chi connectivity index (χ3n) is 4.37.